The van der Waals surface area contributed by atoms with Crippen LogP contribution in [0.4, 0.5) is 0 Å². The molecule has 0 spiro atoms. The summed E-state index contributed by atoms with van der Waals surface area (Å²) in [7, 11) is 0. The Balaban J connectivity index is 0.000000294. The molecular formula is C34H40IrNO3-. The fourth-order valence-electron chi connectivity index (χ4n) is 4.74. The van der Waals surface area contributed by atoms with Crippen LogP contribution in [-0.2, 0) is 24.9 Å². The Bertz CT molecular complexity index is 1380. The van der Waals surface area contributed by atoms with Gasteiger partial charge < -0.3 is 9.84 Å². The Morgan fingerprint density at radius 3 is 2.18 bits per heavy atom. The molecule has 0 aliphatic carbocycles. The van der Waals surface area contributed by atoms with Crippen molar-refractivity contribution in [1.82, 2.24) is 4.98 Å². The minimum Gasteiger partial charge on any atom is -0.512 e. The second-order valence-corrected chi connectivity index (χ2v) is 9.84. The second kappa shape index (κ2) is 15.5. The number of benzene rings is 3. The summed E-state index contributed by atoms with van der Waals surface area (Å²) in [6.45, 7) is 12.1. The zero-order valence-electron chi connectivity index (χ0n) is 23.9. The first-order valence-corrected chi connectivity index (χ1v) is 13.7. The molecule has 39 heavy (non-hydrogen) atoms. The maximum absolute atomic E-state index is 11.7. The summed E-state index contributed by atoms with van der Waals surface area (Å²) < 4.78 is 5.93. The molecule has 0 aliphatic rings. The number of hydrogen-bond acceptors (Lipinski definition) is 4. The van der Waals surface area contributed by atoms with E-state index in [4.69, 9.17) is 4.74 Å². The van der Waals surface area contributed by atoms with Crippen molar-refractivity contribution in [2.24, 2.45) is 11.8 Å². The third kappa shape index (κ3) is 8.74. The number of aliphatic hydroxyl groups excluding tert-OH is 1. The van der Waals surface area contributed by atoms with Crippen LogP contribution in [0.5, 0.6) is 11.6 Å². The van der Waals surface area contributed by atoms with Crippen LogP contribution in [0.15, 0.2) is 72.6 Å². The number of hydrogen-bond donors (Lipinski definition) is 1. The molecule has 0 saturated heterocycles. The molecular weight excluding hydrogens is 663 g/mol. The van der Waals surface area contributed by atoms with Gasteiger partial charge in [0.05, 0.1) is 5.76 Å². The predicted octanol–water partition coefficient (Wildman–Crippen LogP) is 9.46. The molecule has 0 amide bonds. The number of ether oxygens (including phenoxy) is 1. The predicted molar refractivity (Wildman–Crippen MR) is 158 cm³/mol. The molecule has 4 nitrogen and oxygen atoms in total. The SMILES string of the molecule is CCC(CC)C(=O)/C=C(\O)C(CC)CC.Cc1[c-]c(Oc2cc3c(ccc4ccccc43)cn2)cc(C)c1.[Ir]. The van der Waals surface area contributed by atoms with Crippen molar-refractivity contribution in [3.63, 3.8) is 0 Å². The van der Waals surface area contributed by atoms with Gasteiger partial charge in [0.2, 0.25) is 5.88 Å². The minimum atomic E-state index is 0. The molecule has 3 aromatic carbocycles. The number of allylic oxidation sites excluding steroid dienone is 2. The molecule has 0 fully saturated rings. The van der Waals surface area contributed by atoms with Gasteiger partial charge in [0.1, 0.15) is 0 Å². The Morgan fingerprint density at radius 2 is 1.54 bits per heavy atom. The Hall–Kier alpha value is -3.01. The van der Waals surface area contributed by atoms with Gasteiger partial charge in [0.15, 0.2) is 5.78 Å². The normalized spacial score (nSPS) is 11.3. The van der Waals surface area contributed by atoms with Gasteiger partial charge >= 0.3 is 0 Å². The van der Waals surface area contributed by atoms with Crippen LogP contribution in [-0.4, -0.2) is 15.9 Å². The largest absolute Gasteiger partial charge is 0.512 e. The van der Waals surface area contributed by atoms with Crippen LogP contribution in [0.3, 0.4) is 0 Å². The maximum atomic E-state index is 11.7. The molecule has 0 saturated carbocycles. The summed E-state index contributed by atoms with van der Waals surface area (Å²) in [4.78, 5) is 16.1. The number of carbonyl (C=O) groups excluding carboxylic acids is 1. The molecule has 209 valence electrons. The number of aryl methyl sites for hydroxylation is 2. The van der Waals surface area contributed by atoms with Crippen molar-refractivity contribution in [3.8, 4) is 11.6 Å². The first kappa shape index (κ1) is 32.2. The molecule has 0 atom stereocenters. The Labute approximate surface area is 246 Å². The van der Waals surface area contributed by atoms with E-state index in [0.29, 0.717) is 11.6 Å². The minimum absolute atomic E-state index is 0. The van der Waals surface area contributed by atoms with Gasteiger partial charge in [-0.25, -0.2) is 4.98 Å². The first-order valence-electron chi connectivity index (χ1n) is 13.7. The molecule has 0 bridgehead atoms. The summed E-state index contributed by atoms with van der Waals surface area (Å²) in [6, 6.07) is 21.8. The standard InChI is InChI=1S/C21H16NO.C13H24O2.Ir/c1-14-9-15(2)11-18(10-14)23-21-12-20-17(13-22-21)8-7-16-5-3-4-6-19(16)20;1-5-10(6-2)12(14)9-13(15)11(7-3)8-4;/h3-10,12-13H,1-2H3;9-11,14H,5-8H2,1-4H3;/q-1;;/b;12-9-;. The van der Waals surface area contributed by atoms with E-state index in [-0.39, 0.29) is 43.5 Å². The van der Waals surface area contributed by atoms with E-state index in [1.165, 1.54) is 16.8 Å². The first-order chi connectivity index (χ1) is 18.3. The van der Waals surface area contributed by atoms with Gasteiger partial charge in [-0.2, -0.15) is 17.2 Å². The van der Waals surface area contributed by atoms with Gasteiger partial charge in [0.25, 0.3) is 0 Å². The van der Waals surface area contributed by atoms with Gasteiger partial charge in [-0.3, -0.25) is 4.79 Å². The number of rotatable bonds is 9. The van der Waals surface area contributed by atoms with E-state index in [1.807, 2.05) is 52.9 Å². The zero-order chi connectivity index (χ0) is 27.7. The number of aliphatic hydroxyl groups is 1. The summed E-state index contributed by atoms with van der Waals surface area (Å²) in [5.74, 6) is 1.84. The summed E-state index contributed by atoms with van der Waals surface area (Å²) in [5.41, 5.74) is 2.22. The van der Waals surface area contributed by atoms with Gasteiger partial charge in [-0.05, 0) is 41.8 Å². The van der Waals surface area contributed by atoms with Crippen molar-refractivity contribution in [3.05, 3.63) is 89.8 Å². The van der Waals surface area contributed by atoms with Crippen LogP contribution >= 0.6 is 0 Å². The van der Waals surface area contributed by atoms with Crippen LogP contribution in [0.1, 0.15) is 64.5 Å². The number of nitrogens with zero attached hydrogens (tertiary/aromatic N) is 1. The van der Waals surface area contributed by atoms with Crippen molar-refractivity contribution in [1.29, 1.82) is 0 Å². The number of pyridine rings is 1. The van der Waals surface area contributed by atoms with Crippen molar-refractivity contribution in [2.75, 3.05) is 0 Å². The molecule has 0 aliphatic heterocycles. The molecule has 1 radical (unpaired) electrons. The van der Waals surface area contributed by atoms with Gasteiger partial charge in [-0.15, -0.1) is 12.1 Å². The average molecular weight is 703 g/mol. The monoisotopic (exact) mass is 703 g/mol. The molecule has 1 heterocycles. The van der Waals surface area contributed by atoms with Crippen molar-refractivity contribution < 1.29 is 34.7 Å². The fourth-order valence-corrected chi connectivity index (χ4v) is 4.74. The topological polar surface area (TPSA) is 59.4 Å². The van der Waals surface area contributed by atoms with Crippen molar-refractivity contribution in [2.45, 2.75) is 67.2 Å². The Morgan fingerprint density at radius 1 is 0.897 bits per heavy atom. The van der Waals surface area contributed by atoms with E-state index in [9.17, 15) is 9.90 Å². The molecule has 5 heteroatoms. The van der Waals surface area contributed by atoms with Crippen LogP contribution in [0.2, 0.25) is 0 Å². The number of aromatic nitrogens is 1. The van der Waals surface area contributed by atoms with Crippen molar-refractivity contribution >= 4 is 27.3 Å². The molecule has 1 aromatic heterocycles. The van der Waals surface area contributed by atoms with Gasteiger partial charge in [-0.1, -0.05) is 77.9 Å². The Kier molecular flexibility index (Phi) is 12.8. The van der Waals surface area contributed by atoms with Crippen LogP contribution in [0, 0.1) is 31.7 Å². The molecule has 4 rings (SSSR count). The third-order valence-corrected chi connectivity index (χ3v) is 7.02. The second-order valence-electron chi connectivity index (χ2n) is 9.84. The van der Waals surface area contributed by atoms with E-state index in [0.717, 1.165) is 47.6 Å². The fraction of sp³-hybridized carbons (Fsp3) is 0.353. The zero-order valence-corrected chi connectivity index (χ0v) is 26.3. The molecule has 0 unspecified atom stereocenters. The van der Waals surface area contributed by atoms with E-state index < -0.39 is 0 Å². The van der Waals surface area contributed by atoms with Crippen LogP contribution in [0.25, 0.3) is 21.5 Å². The van der Waals surface area contributed by atoms with Crippen LogP contribution < -0.4 is 4.74 Å². The molecule has 4 aromatic rings. The number of fused-ring (bicyclic) bond motifs is 3. The van der Waals surface area contributed by atoms with E-state index in [2.05, 4.69) is 60.4 Å². The third-order valence-electron chi connectivity index (χ3n) is 7.02. The smallest absolute Gasteiger partial charge is 0.217 e. The van der Waals surface area contributed by atoms with E-state index in [1.54, 1.807) is 0 Å². The summed E-state index contributed by atoms with van der Waals surface area (Å²) in [5, 5.41) is 14.4. The summed E-state index contributed by atoms with van der Waals surface area (Å²) in [6.07, 6.45) is 6.77. The average Bonchev–Trinajstić information content (AvgIpc) is 2.90. The molecule has 1 N–H and O–H groups in total. The number of carbonyl (C=O) groups is 1. The van der Waals surface area contributed by atoms with Gasteiger partial charge in [0, 0.05) is 61.4 Å². The quantitative estimate of drug-likeness (QED) is 0.0818. The summed E-state index contributed by atoms with van der Waals surface area (Å²) >= 11 is 0. The van der Waals surface area contributed by atoms with E-state index >= 15 is 0 Å². The maximum Gasteiger partial charge on any atom is 0.217 e. The number of ketones is 1.